The summed E-state index contributed by atoms with van der Waals surface area (Å²) in [6, 6.07) is 0.0195. The first-order chi connectivity index (χ1) is 18.1. The van der Waals surface area contributed by atoms with Crippen molar-refractivity contribution in [2.24, 2.45) is 39.7 Å². The number of rotatable bonds is 5. The molecule has 4 aliphatic carbocycles. The Morgan fingerprint density at radius 3 is 2.41 bits per heavy atom. The zero-order chi connectivity index (χ0) is 29.3. The predicted octanol–water partition coefficient (Wildman–Crippen LogP) is 3.96. The summed E-state index contributed by atoms with van der Waals surface area (Å²) >= 11 is 1.45. The van der Waals surface area contributed by atoms with Gasteiger partial charge in [-0.1, -0.05) is 33.8 Å². The van der Waals surface area contributed by atoms with E-state index >= 15 is 0 Å². The largest absolute Gasteiger partial charge is 0.481 e. The number of esters is 1. The number of Topliss-reactive ketones (excluding diaryl/α,β-unsaturated/α-hetero) is 1. The van der Waals surface area contributed by atoms with Crippen molar-refractivity contribution >= 4 is 29.5 Å². The van der Waals surface area contributed by atoms with Crippen molar-refractivity contribution in [2.45, 2.75) is 116 Å². The molecule has 4 fully saturated rings. The van der Waals surface area contributed by atoms with Crippen LogP contribution >= 0.6 is 11.8 Å². The van der Waals surface area contributed by atoms with Crippen molar-refractivity contribution in [1.29, 1.82) is 0 Å². The van der Waals surface area contributed by atoms with Crippen LogP contribution in [0, 0.1) is 34.0 Å². The molecule has 4 rings (SSSR count). The molecule has 0 aromatic rings. The maximum absolute atomic E-state index is 13.5. The Morgan fingerprint density at radius 1 is 1.18 bits per heavy atom. The maximum Gasteiger partial charge on any atom is 0.316 e. The Kier molecular flexibility index (Phi) is 10.1. The number of hydrogen-bond donors (Lipinski definition) is 4. The molecule has 0 aromatic carbocycles. The monoisotopic (exact) mass is 567 g/mol. The number of aliphatic carboxylic acids is 1. The van der Waals surface area contributed by atoms with Crippen LogP contribution in [0.1, 0.15) is 86.0 Å². The van der Waals surface area contributed by atoms with Crippen molar-refractivity contribution < 1.29 is 34.4 Å². The zero-order valence-electron chi connectivity index (χ0n) is 24.2. The second-order valence-corrected chi connectivity index (χ2v) is 14.3. The predicted molar refractivity (Wildman–Crippen MR) is 152 cm³/mol. The van der Waals surface area contributed by atoms with Gasteiger partial charge in [0.25, 0.3) is 5.97 Å². The molecule has 4 aliphatic rings. The number of carbonyl (C=O) groups is 3. The summed E-state index contributed by atoms with van der Waals surface area (Å²) in [7, 11) is 0. The highest BCUT2D eigenvalue weighted by molar-refractivity contribution is 8.00. The minimum atomic E-state index is -0.833. The molecule has 222 valence electrons. The van der Waals surface area contributed by atoms with E-state index in [0.29, 0.717) is 19.3 Å². The number of ether oxygens (including phenoxy) is 1. The first kappa shape index (κ1) is 32.1. The minimum absolute atomic E-state index is 0.0194. The van der Waals surface area contributed by atoms with E-state index in [4.69, 9.17) is 20.4 Å². The van der Waals surface area contributed by atoms with Gasteiger partial charge in [0.2, 0.25) is 0 Å². The third-order valence-electron chi connectivity index (χ3n) is 10.8. The molecule has 5 N–H and O–H groups in total. The van der Waals surface area contributed by atoms with Crippen molar-refractivity contribution in [3.63, 3.8) is 0 Å². The number of thioether (sulfide) groups is 1. The summed E-state index contributed by atoms with van der Waals surface area (Å²) in [5.41, 5.74) is 4.57. The Morgan fingerprint density at radius 2 is 1.82 bits per heavy atom. The lowest BCUT2D eigenvalue weighted by atomic mass is 9.44. The molecule has 0 amide bonds. The van der Waals surface area contributed by atoms with Crippen molar-refractivity contribution in [1.82, 2.24) is 0 Å². The summed E-state index contributed by atoms with van der Waals surface area (Å²) in [6.45, 7) is 13.6. The van der Waals surface area contributed by atoms with Gasteiger partial charge in [0, 0.05) is 41.4 Å². The van der Waals surface area contributed by atoms with Crippen LogP contribution in [0.25, 0.3) is 0 Å². The van der Waals surface area contributed by atoms with E-state index < -0.39 is 35.1 Å². The van der Waals surface area contributed by atoms with Crippen LogP contribution in [0.2, 0.25) is 0 Å². The number of hydrogen-bond acceptors (Lipinski definition) is 8. The van der Waals surface area contributed by atoms with Crippen molar-refractivity contribution in [2.75, 3.05) is 5.75 Å². The average Bonchev–Trinajstić information content (AvgIpc) is 3.21. The fourth-order valence-corrected chi connectivity index (χ4v) is 9.27. The van der Waals surface area contributed by atoms with Crippen molar-refractivity contribution in [3.8, 4) is 0 Å². The quantitative estimate of drug-likeness (QED) is 0.286. The van der Waals surface area contributed by atoms with E-state index in [1.165, 1.54) is 11.8 Å². The SMILES string of the molecule is C=C[C@]1(C)C[C@@H](OC(=O)CS[C@@H]2CC[C@@H](N)C[C@H]2O)[C@]2(C)C(C)CC[C@]3(CCC(=O)[C@H]32)[C@@H](C)[C@@H]1O.CC(=O)O. The number of aliphatic hydroxyl groups is 2. The molecule has 2 bridgehead atoms. The summed E-state index contributed by atoms with van der Waals surface area (Å²) < 4.78 is 6.29. The van der Waals surface area contributed by atoms with Gasteiger partial charge in [0.15, 0.2) is 0 Å². The lowest BCUT2D eigenvalue weighted by Crippen LogP contribution is -2.63. The van der Waals surface area contributed by atoms with Crippen LogP contribution in [0.15, 0.2) is 12.7 Å². The summed E-state index contributed by atoms with van der Waals surface area (Å²) in [5, 5.41) is 29.4. The molecule has 0 aromatic heterocycles. The number of ketones is 1. The average molecular weight is 568 g/mol. The van der Waals surface area contributed by atoms with E-state index in [1.54, 1.807) is 0 Å². The molecule has 8 nitrogen and oxygen atoms in total. The fraction of sp³-hybridized carbons (Fsp3) is 0.833. The van der Waals surface area contributed by atoms with Gasteiger partial charge in [-0.25, -0.2) is 0 Å². The van der Waals surface area contributed by atoms with E-state index in [-0.39, 0.29) is 52.0 Å². The fourth-order valence-electron chi connectivity index (χ4n) is 8.21. The van der Waals surface area contributed by atoms with Gasteiger partial charge < -0.3 is 25.8 Å². The summed E-state index contributed by atoms with van der Waals surface area (Å²) in [6.07, 6.45) is 6.01. The first-order valence-electron chi connectivity index (χ1n) is 14.4. The molecule has 11 atom stereocenters. The van der Waals surface area contributed by atoms with Gasteiger partial charge in [-0.15, -0.1) is 18.3 Å². The van der Waals surface area contributed by atoms with Gasteiger partial charge in [-0.2, -0.15) is 0 Å². The number of nitrogens with two attached hydrogens (primary N) is 1. The van der Waals surface area contributed by atoms with Crippen LogP contribution in [-0.2, 0) is 19.1 Å². The highest BCUT2D eigenvalue weighted by Gasteiger charge is 2.68. The van der Waals surface area contributed by atoms with Gasteiger partial charge in [-0.05, 0) is 62.2 Å². The topological polar surface area (TPSA) is 147 Å². The minimum Gasteiger partial charge on any atom is -0.481 e. The molecule has 0 saturated heterocycles. The van der Waals surface area contributed by atoms with Crippen LogP contribution in [0.3, 0.4) is 0 Å². The lowest BCUT2D eigenvalue weighted by Gasteiger charge is -2.61. The molecular weight excluding hydrogens is 518 g/mol. The van der Waals surface area contributed by atoms with E-state index in [1.807, 2.05) is 13.0 Å². The first-order valence-corrected chi connectivity index (χ1v) is 15.5. The molecule has 0 aliphatic heterocycles. The Hall–Kier alpha value is -1.42. The van der Waals surface area contributed by atoms with Gasteiger partial charge >= 0.3 is 5.97 Å². The van der Waals surface area contributed by atoms with Crippen LogP contribution < -0.4 is 5.73 Å². The molecule has 9 heteroatoms. The number of carbonyl (C=O) groups excluding carboxylic acids is 2. The lowest BCUT2D eigenvalue weighted by molar-refractivity contribution is -0.205. The van der Waals surface area contributed by atoms with E-state index in [0.717, 1.165) is 39.0 Å². The number of carboxylic acids is 1. The third-order valence-corrected chi connectivity index (χ3v) is 12.2. The molecule has 4 saturated carbocycles. The van der Waals surface area contributed by atoms with Crippen molar-refractivity contribution in [3.05, 3.63) is 12.7 Å². The second kappa shape index (κ2) is 12.2. The molecule has 1 unspecified atom stereocenters. The molecule has 0 heterocycles. The third kappa shape index (κ3) is 6.11. The van der Waals surface area contributed by atoms with Crippen LogP contribution in [0.4, 0.5) is 0 Å². The molecule has 0 radical (unpaired) electrons. The standard InChI is InChI=1S/C28H45NO5S.C2H4O2/c1-6-26(4)14-22(34-23(32)15-35-21-8-7-18(29)13-20(21)31)27(5)16(2)9-11-28(17(3)25(26)33)12-10-19(30)24(27)28;1-2(3)4/h6,16-18,20-22,24-25,31,33H,1,7-15,29H2,2-5H3;1H3,(H,3,4)/t16?,17-,18+,20+,21+,22+,24-,25-,26+,27-,28-;/m0./s1. The van der Waals surface area contributed by atoms with E-state index in [2.05, 4.69) is 27.4 Å². The smallest absolute Gasteiger partial charge is 0.316 e. The Balaban J connectivity index is 0.000000983. The Labute approximate surface area is 237 Å². The highest BCUT2D eigenvalue weighted by Crippen LogP contribution is 2.68. The maximum atomic E-state index is 13.5. The van der Waals surface area contributed by atoms with Crippen LogP contribution in [-0.4, -0.2) is 68.4 Å². The number of aliphatic hydroxyl groups excluding tert-OH is 2. The highest BCUT2D eigenvalue weighted by atomic mass is 32.2. The normalized spacial score (nSPS) is 45.6. The molecular formula is C30H49NO7S. The zero-order valence-corrected chi connectivity index (χ0v) is 25.0. The molecule has 39 heavy (non-hydrogen) atoms. The van der Waals surface area contributed by atoms with Gasteiger partial charge in [-0.3, -0.25) is 14.4 Å². The Bertz CT molecular complexity index is 940. The van der Waals surface area contributed by atoms with E-state index in [9.17, 15) is 19.8 Å². The summed E-state index contributed by atoms with van der Waals surface area (Å²) in [5.74, 6) is -0.772. The van der Waals surface area contributed by atoms with Gasteiger partial charge in [0.05, 0.1) is 18.0 Å². The van der Waals surface area contributed by atoms with Crippen LogP contribution in [0.5, 0.6) is 0 Å². The number of carboxylic acid groups (broad SMARTS) is 1. The second-order valence-electron chi connectivity index (χ2n) is 13.1. The van der Waals surface area contributed by atoms with Gasteiger partial charge in [0.1, 0.15) is 11.9 Å². The summed E-state index contributed by atoms with van der Waals surface area (Å²) in [4.78, 5) is 35.7. The molecule has 0 spiro atoms.